The van der Waals surface area contributed by atoms with E-state index in [1.165, 1.54) is 18.8 Å². The number of nitrogens with zero attached hydrogens (tertiary/aromatic N) is 2. The molecule has 0 amide bonds. The summed E-state index contributed by atoms with van der Waals surface area (Å²) in [6.07, 6.45) is 12.1. The van der Waals surface area contributed by atoms with Gasteiger partial charge >= 0.3 is 11.7 Å². The number of hydrogen-bond acceptors (Lipinski definition) is 8. The van der Waals surface area contributed by atoms with Gasteiger partial charge in [-0.05, 0) is 83.2 Å². The minimum Gasteiger partial charge on any atom is -0.476 e. The maximum Gasteiger partial charge on any atom is 0.351 e. The third-order valence-electron chi connectivity index (χ3n) is 6.61. The number of esters is 1. The number of carbonyl (C=O) groups is 1. The Morgan fingerprint density at radius 1 is 1.10 bits per heavy atom. The quantitative estimate of drug-likeness (QED) is 0.429. The molecule has 0 N–H and O–H groups in total. The van der Waals surface area contributed by atoms with Crippen molar-refractivity contribution in [3.8, 4) is 22.9 Å². The van der Waals surface area contributed by atoms with Crippen LogP contribution in [0.1, 0.15) is 53.0 Å². The molecule has 1 aromatic heterocycles. The van der Waals surface area contributed by atoms with E-state index in [0.29, 0.717) is 30.2 Å². The first-order valence-corrected chi connectivity index (χ1v) is 13.4. The van der Waals surface area contributed by atoms with Crippen LogP contribution in [0.3, 0.4) is 0 Å². The van der Waals surface area contributed by atoms with Crippen molar-refractivity contribution in [2.24, 2.45) is 0 Å². The molecule has 9 nitrogen and oxygen atoms in total. The summed E-state index contributed by atoms with van der Waals surface area (Å²) in [4.78, 5) is 30.0. The third-order valence-corrected chi connectivity index (χ3v) is 6.61. The highest BCUT2D eigenvalue weighted by atomic mass is 16.6. The minimum atomic E-state index is -1.18. The van der Waals surface area contributed by atoms with E-state index in [4.69, 9.17) is 23.7 Å². The van der Waals surface area contributed by atoms with Crippen molar-refractivity contribution in [3.63, 3.8) is 0 Å². The van der Waals surface area contributed by atoms with Crippen LogP contribution in [0.25, 0.3) is 11.3 Å². The Morgan fingerprint density at radius 3 is 2.62 bits per heavy atom. The lowest BCUT2D eigenvalue weighted by Crippen LogP contribution is -2.43. The fraction of sp³-hybridized carbons (Fsp3) is 0.387. The first kappa shape index (κ1) is 27.3. The van der Waals surface area contributed by atoms with Crippen LogP contribution in [0.2, 0.25) is 0 Å². The largest absolute Gasteiger partial charge is 0.476 e. The number of rotatable bonds is 7. The Kier molecular flexibility index (Phi) is 7.31. The number of carbonyl (C=O) groups excluding carboxylic acids is 1. The van der Waals surface area contributed by atoms with Crippen molar-refractivity contribution in [1.82, 2.24) is 9.55 Å². The molecule has 1 aliphatic carbocycles. The molecule has 3 aliphatic rings. The SMILES string of the molecule is CC(C)(C)OC(=O)C(C)(C)Oc1ccc2c(c1)CCn1c-2cc(OC(C2=CC=CCC2)C2=COC=CO2)nc1=O. The van der Waals surface area contributed by atoms with E-state index in [1.54, 1.807) is 30.5 Å². The number of ether oxygens (including phenoxy) is 5. The molecule has 1 aromatic carbocycles. The second kappa shape index (κ2) is 10.7. The molecule has 0 radical (unpaired) electrons. The highest BCUT2D eigenvalue weighted by Gasteiger charge is 2.35. The molecule has 5 rings (SSSR count). The Morgan fingerprint density at radius 2 is 1.93 bits per heavy atom. The number of aromatic nitrogens is 2. The molecule has 9 heteroatoms. The van der Waals surface area contributed by atoms with E-state index in [-0.39, 0.29) is 5.88 Å². The van der Waals surface area contributed by atoms with Crippen molar-refractivity contribution >= 4 is 5.97 Å². The molecule has 0 bridgehead atoms. The van der Waals surface area contributed by atoms with Crippen molar-refractivity contribution in [3.05, 3.63) is 88.7 Å². The lowest BCUT2D eigenvalue weighted by atomic mass is 9.97. The van der Waals surface area contributed by atoms with E-state index in [1.807, 2.05) is 45.1 Å². The lowest BCUT2D eigenvalue weighted by molar-refractivity contribution is -0.170. The van der Waals surface area contributed by atoms with E-state index >= 15 is 0 Å². The smallest absolute Gasteiger partial charge is 0.351 e. The number of fused-ring (bicyclic) bond motifs is 3. The van der Waals surface area contributed by atoms with Gasteiger partial charge in [-0.2, -0.15) is 4.98 Å². The monoisotopic (exact) mass is 546 g/mol. The topological polar surface area (TPSA) is 98.1 Å². The molecule has 3 heterocycles. The van der Waals surface area contributed by atoms with Crippen molar-refractivity contribution in [1.29, 1.82) is 0 Å². The predicted octanol–water partition coefficient (Wildman–Crippen LogP) is 5.35. The van der Waals surface area contributed by atoms with Gasteiger partial charge in [0, 0.05) is 18.2 Å². The Hall–Kier alpha value is -4.27. The van der Waals surface area contributed by atoms with Crippen LogP contribution in [0.15, 0.2) is 77.4 Å². The molecular weight excluding hydrogens is 512 g/mol. The zero-order valence-corrected chi connectivity index (χ0v) is 23.4. The van der Waals surface area contributed by atoms with Gasteiger partial charge in [0.15, 0.2) is 17.5 Å². The Bertz CT molecular complexity index is 1490. The number of aryl methyl sites for hydroxylation is 1. The fourth-order valence-electron chi connectivity index (χ4n) is 4.72. The molecule has 2 aliphatic heterocycles. The molecule has 1 unspecified atom stereocenters. The maximum atomic E-state index is 13.1. The zero-order valence-electron chi connectivity index (χ0n) is 23.4. The number of benzene rings is 1. The second-order valence-electron chi connectivity index (χ2n) is 11.3. The summed E-state index contributed by atoms with van der Waals surface area (Å²) in [5, 5.41) is 0. The van der Waals surface area contributed by atoms with Crippen molar-refractivity contribution in [2.45, 2.75) is 77.7 Å². The van der Waals surface area contributed by atoms with Crippen LogP contribution < -0.4 is 15.2 Å². The van der Waals surface area contributed by atoms with Gasteiger partial charge in [0.1, 0.15) is 30.1 Å². The van der Waals surface area contributed by atoms with Gasteiger partial charge in [-0.1, -0.05) is 18.2 Å². The van der Waals surface area contributed by atoms with Crippen molar-refractivity contribution in [2.75, 3.05) is 0 Å². The summed E-state index contributed by atoms with van der Waals surface area (Å²) in [5.74, 6) is 0.759. The molecular formula is C31H34N2O7. The summed E-state index contributed by atoms with van der Waals surface area (Å²) in [5.41, 5.74) is 1.35. The maximum absolute atomic E-state index is 13.1. The molecule has 0 fully saturated rings. The Labute approximate surface area is 233 Å². The molecule has 40 heavy (non-hydrogen) atoms. The average Bonchev–Trinajstić information content (AvgIpc) is 2.91. The van der Waals surface area contributed by atoms with Crippen LogP contribution in [-0.2, 0) is 32.0 Å². The first-order chi connectivity index (χ1) is 19.0. The van der Waals surface area contributed by atoms with Crippen molar-refractivity contribution < 1.29 is 28.5 Å². The molecule has 1 atom stereocenters. The predicted molar refractivity (Wildman–Crippen MR) is 148 cm³/mol. The summed E-state index contributed by atoms with van der Waals surface area (Å²) >= 11 is 0. The number of allylic oxidation sites excluding steroid dienone is 3. The van der Waals surface area contributed by atoms with E-state index in [9.17, 15) is 9.59 Å². The minimum absolute atomic E-state index is 0.190. The number of hydrogen-bond donors (Lipinski definition) is 0. The molecule has 210 valence electrons. The van der Waals surface area contributed by atoms with Gasteiger partial charge in [-0.15, -0.1) is 0 Å². The van der Waals surface area contributed by atoms with Gasteiger partial charge in [-0.3, -0.25) is 4.57 Å². The van der Waals surface area contributed by atoms with Gasteiger partial charge in [0.2, 0.25) is 5.88 Å². The van der Waals surface area contributed by atoms with Gasteiger partial charge in [-0.25, -0.2) is 9.59 Å². The van der Waals surface area contributed by atoms with Gasteiger partial charge in [0.05, 0.1) is 5.69 Å². The first-order valence-electron chi connectivity index (χ1n) is 13.4. The van der Waals surface area contributed by atoms with Gasteiger partial charge in [0.25, 0.3) is 0 Å². The van der Waals surface area contributed by atoms with E-state index in [2.05, 4.69) is 11.1 Å². The van der Waals surface area contributed by atoms with Crippen LogP contribution in [0.5, 0.6) is 11.6 Å². The summed E-state index contributed by atoms with van der Waals surface area (Å²) in [6.45, 7) is 9.29. The zero-order chi connectivity index (χ0) is 28.5. The summed E-state index contributed by atoms with van der Waals surface area (Å²) < 4.78 is 30.5. The van der Waals surface area contributed by atoms with Crippen LogP contribution in [0.4, 0.5) is 0 Å². The highest BCUT2D eigenvalue weighted by molar-refractivity contribution is 5.79. The molecule has 0 saturated carbocycles. The molecule has 0 saturated heterocycles. The van der Waals surface area contributed by atoms with Crippen LogP contribution in [-0.4, -0.2) is 32.8 Å². The van der Waals surface area contributed by atoms with E-state index in [0.717, 1.165) is 29.5 Å². The van der Waals surface area contributed by atoms with Crippen LogP contribution >= 0.6 is 0 Å². The van der Waals surface area contributed by atoms with E-state index < -0.39 is 29.0 Å². The second-order valence-corrected chi connectivity index (χ2v) is 11.3. The standard InChI is InChI=1S/C31H34N2O7/c1-30(2,3)40-28(34)31(4,5)39-22-11-12-23-21(17-22)13-14-33-24(23)18-26(32-29(33)35)38-27(20-9-7-6-8-10-20)25-19-36-15-16-37-25/h6-7,9,11-12,15-19,27H,8,10,13-14H2,1-5H3. The lowest BCUT2D eigenvalue weighted by Gasteiger charge is -2.30. The molecule has 2 aromatic rings. The third kappa shape index (κ3) is 5.98. The molecule has 0 spiro atoms. The van der Waals surface area contributed by atoms with Crippen LogP contribution in [0, 0.1) is 0 Å². The summed E-state index contributed by atoms with van der Waals surface area (Å²) in [7, 11) is 0. The Balaban J connectivity index is 1.43. The van der Waals surface area contributed by atoms with Gasteiger partial charge < -0.3 is 23.7 Å². The average molecular weight is 547 g/mol. The fourth-order valence-corrected chi connectivity index (χ4v) is 4.72. The highest BCUT2D eigenvalue weighted by Crippen LogP contribution is 2.35. The normalized spacial score (nSPS) is 16.8. The summed E-state index contributed by atoms with van der Waals surface area (Å²) in [6, 6.07) is 7.36.